The van der Waals surface area contributed by atoms with E-state index in [1.54, 1.807) is 18.2 Å². The van der Waals surface area contributed by atoms with Gasteiger partial charge in [-0.25, -0.2) is 8.42 Å². The summed E-state index contributed by atoms with van der Waals surface area (Å²) in [6, 6.07) is 11.1. The van der Waals surface area contributed by atoms with Gasteiger partial charge in [0.05, 0.1) is 15.6 Å². The second kappa shape index (κ2) is 5.87. The molecule has 21 heavy (non-hydrogen) atoms. The van der Waals surface area contributed by atoms with Gasteiger partial charge in [0.1, 0.15) is 0 Å². The summed E-state index contributed by atoms with van der Waals surface area (Å²) in [6.07, 6.45) is 1.10. The van der Waals surface area contributed by atoms with Crippen molar-refractivity contribution in [1.29, 1.82) is 0 Å². The van der Waals surface area contributed by atoms with Crippen LogP contribution in [0.1, 0.15) is 15.9 Å². The molecule has 0 saturated carbocycles. The summed E-state index contributed by atoms with van der Waals surface area (Å²) in [5, 5.41) is 3.10. The third-order valence-electron chi connectivity index (χ3n) is 2.90. The molecule has 0 atom stereocenters. The Morgan fingerprint density at radius 3 is 2.48 bits per heavy atom. The first-order chi connectivity index (χ1) is 9.77. The van der Waals surface area contributed by atoms with Gasteiger partial charge in [-0.3, -0.25) is 4.79 Å². The van der Waals surface area contributed by atoms with Crippen LogP contribution in [0.15, 0.2) is 47.4 Å². The fraction of sp³-hybridized carbons (Fsp3) is 0.133. The van der Waals surface area contributed by atoms with Crippen LogP contribution in [-0.2, 0) is 9.84 Å². The number of benzene rings is 2. The number of carbonyl (C=O) groups excluding carboxylic acids is 1. The number of halogens is 1. The van der Waals surface area contributed by atoms with Crippen LogP contribution in [0.3, 0.4) is 0 Å². The molecule has 4 nitrogen and oxygen atoms in total. The van der Waals surface area contributed by atoms with Crippen LogP contribution < -0.4 is 5.32 Å². The van der Waals surface area contributed by atoms with Crippen LogP contribution in [0.25, 0.3) is 0 Å². The normalized spacial score (nSPS) is 11.2. The molecule has 110 valence electrons. The van der Waals surface area contributed by atoms with Crippen molar-refractivity contribution in [2.75, 3.05) is 11.6 Å². The van der Waals surface area contributed by atoms with Crippen molar-refractivity contribution in [3.63, 3.8) is 0 Å². The minimum Gasteiger partial charge on any atom is -0.321 e. The quantitative estimate of drug-likeness (QED) is 0.942. The molecule has 0 fully saturated rings. The lowest BCUT2D eigenvalue weighted by atomic mass is 10.2. The zero-order valence-corrected chi connectivity index (χ0v) is 13.1. The van der Waals surface area contributed by atoms with Gasteiger partial charge in [0.25, 0.3) is 5.91 Å². The Hall–Kier alpha value is -1.85. The molecule has 0 aliphatic heterocycles. The highest BCUT2D eigenvalue weighted by Crippen LogP contribution is 2.23. The van der Waals surface area contributed by atoms with E-state index in [0.29, 0.717) is 10.7 Å². The topological polar surface area (TPSA) is 63.2 Å². The number of anilines is 1. The minimum atomic E-state index is -3.35. The largest absolute Gasteiger partial charge is 0.321 e. The van der Waals surface area contributed by atoms with Crippen LogP contribution in [0, 0.1) is 6.92 Å². The average Bonchev–Trinajstić information content (AvgIpc) is 2.41. The first kappa shape index (κ1) is 15.5. The number of carbonyl (C=O) groups is 1. The lowest BCUT2D eigenvalue weighted by Gasteiger charge is -2.08. The highest BCUT2D eigenvalue weighted by Gasteiger charge is 2.12. The lowest BCUT2D eigenvalue weighted by Crippen LogP contribution is -2.13. The van der Waals surface area contributed by atoms with Crippen molar-refractivity contribution in [1.82, 2.24) is 0 Å². The van der Waals surface area contributed by atoms with E-state index < -0.39 is 15.7 Å². The molecule has 0 aliphatic rings. The van der Waals surface area contributed by atoms with E-state index in [9.17, 15) is 13.2 Å². The van der Waals surface area contributed by atoms with Gasteiger partial charge in [0.2, 0.25) is 0 Å². The van der Waals surface area contributed by atoms with Crippen LogP contribution in [0.2, 0.25) is 5.02 Å². The van der Waals surface area contributed by atoms with Gasteiger partial charge >= 0.3 is 0 Å². The van der Waals surface area contributed by atoms with Gasteiger partial charge < -0.3 is 5.32 Å². The average molecular weight is 324 g/mol. The molecule has 1 N–H and O–H groups in total. The van der Waals surface area contributed by atoms with Gasteiger partial charge in [-0.15, -0.1) is 0 Å². The van der Waals surface area contributed by atoms with E-state index in [0.717, 1.165) is 11.8 Å². The lowest BCUT2D eigenvalue weighted by molar-refractivity contribution is 0.102. The minimum absolute atomic E-state index is 0.102. The van der Waals surface area contributed by atoms with Crippen molar-refractivity contribution in [2.24, 2.45) is 0 Å². The van der Waals surface area contributed by atoms with Gasteiger partial charge in [-0.1, -0.05) is 23.7 Å². The third-order valence-corrected chi connectivity index (χ3v) is 4.32. The zero-order chi connectivity index (χ0) is 15.6. The van der Waals surface area contributed by atoms with E-state index in [2.05, 4.69) is 5.32 Å². The Labute approximate surface area is 128 Å². The molecule has 0 radical (unpaired) electrons. The summed E-state index contributed by atoms with van der Waals surface area (Å²) < 4.78 is 23.0. The number of hydrogen-bond donors (Lipinski definition) is 1. The molecule has 2 aromatic carbocycles. The van der Waals surface area contributed by atoms with Gasteiger partial charge in [-0.2, -0.15) is 0 Å². The summed E-state index contributed by atoms with van der Waals surface area (Å²) >= 11 is 6.05. The maximum atomic E-state index is 12.2. The number of aryl methyl sites for hydroxylation is 1. The number of amides is 1. The highest BCUT2D eigenvalue weighted by atomic mass is 35.5. The standard InChI is InChI=1S/C15H14ClNO3S/c1-10-6-7-14(13(16)8-10)17-15(18)11-4-3-5-12(9-11)21(2,19)20/h3-9H,1-2H3,(H,17,18). The number of nitrogens with one attached hydrogen (secondary N) is 1. The van der Waals surface area contributed by atoms with Crippen LogP contribution in [0.4, 0.5) is 5.69 Å². The van der Waals surface area contributed by atoms with Crippen molar-refractivity contribution in [3.05, 3.63) is 58.6 Å². The Kier molecular flexibility index (Phi) is 4.34. The SMILES string of the molecule is Cc1ccc(NC(=O)c2cccc(S(C)(=O)=O)c2)c(Cl)c1. The fourth-order valence-electron chi connectivity index (χ4n) is 1.78. The molecule has 0 spiro atoms. The molecule has 0 saturated heterocycles. The molecule has 0 bridgehead atoms. The van der Waals surface area contributed by atoms with Crippen LogP contribution >= 0.6 is 11.6 Å². The molecule has 1 amide bonds. The molecule has 0 aliphatic carbocycles. The molecule has 0 aromatic heterocycles. The second-order valence-corrected chi connectivity index (χ2v) is 7.16. The Balaban J connectivity index is 2.29. The first-order valence-corrected chi connectivity index (χ1v) is 8.42. The smallest absolute Gasteiger partial charge is 0.255 e. The van der Waals surface area contributed by atoms with E-state index in [4.69, 9.17) is 11.6 Å². The Bertz CT molecular complexity index is 800. The summed E-state index contributed by atoms with van der Waals surface area (Å²) in [7, 11) is -3.35. The summed E-state index contributed by atoms with van der Waals surface area (Å²) in [6.45, 7) is 1.90. The first-order valence-electron chi connectivity index (χ1n) is 6.15. The monoisotopic (exact) mass is 323 g/mol. The molecule has 6 heteroatoms. The van der Waals surface area contributed by atoms with Gasteiger partial charge in [0.15, 0.2) is 9.84 Å². The number of sulfone groups is 1. The van der Waals surface area contributed by atoms with Crippen LogP contribution in [-0.4, -0.2) is 20.6 Å². The summed E-state index contributed by atoms with van der Waals surface area (Å²) in [4.78, 5) is 12.3. The predicted octanol–water partition coefficient (Wildman–Crippen LogP) is 3.30. The molecule has 0 heterocycles. The molecule has 2 rings (SSSR count). The number of rotatable bonds is 3. The van der Waals surface area contributed by atoms with E-state index >= 15 is 0 Å². The van der Waals surface area contributed by atoms with Crippen molar-refractivity contribution in [2.45, 2.75) is 11.8 Å². The van der Waals surface area contributed by atoms with E-state index in [-0.39, 0.29) is 10.5 Å². The van der Waals surface area contributed by atoms with Crippen LogP contribution in [0.5, 0.6) is 0 Å². The summed E-state index contributed by atoms with van der Waals surface area (Å²) in [5.74, 6) is -0.411. The van der Waals surface area contributed by atoms with Gasteiger partial charge in [0, 0.05) is 11.8 Å². The van der Waals surface area contributed by atoms with Crippen molar-refractivity contribution >= 4 is 33.0 Å². The number of hydrogen-bond acceptors (Lipinski definition) is 3. The summed E-state index contributed by atoms with van der Waals surface area (Å²) in [5.41, 5.74) is 1.73. The molecular formula is C15H14ClNO3S. The zero-order valence-electron chi connectivity index (χ0n) is 11.6. The molecular weight excluding hydrogens is 310 g/mol. The fourth-order valence-corrected chi connectivity index (χ4v) is 2.73. The third kappa shape index (κ3) is 3.83. The van der Waals surface area contributed by atoms with Crippen molar-refractivity contribution in [3.8, 4) is 0 Å². The highest BCUT2D eigenvalue weighted by molar-refractivity contribution is 7.90. The van der Waals surface area contributed by atoms with E-state index in [1.165, 1.54) is 18.2 Å². The Morgan fingerprint density at radius 1 is 1.14 bits per heavy atom. The molecule has 0 unspecified atom stereocenters. The molecule has 2 aromatic rings. The predicted molar refractivity (Wildman–Crippen MR) is 83.7 cm³/mol. The second-order valence-electron chi connectivity index (χ2n) is 4.74. The van der Waals surface area contributed by atoms with Gasteiger partial charge in [-0.05, 0) is 42.8 Å². The maximum Gasteiger partial charge on any atom is 0.255 e. The maximum absolute atomic E-state index is 12.2. The van der Waals surface area contributed by atoms with Crippen molar-refractivity contribution < 1.29 is 13.2 Å². The Morgan fingerprint density at radius 2 is 1.86 bits per heavy atom. The van der Waals surface area contributed by atoms with E-state index in [1.807, 2.05) is 13.0 Å².